The van der Waals surface area contributed by atoms with Crippen LogP contribution in [0.4, 0.5) is 8.78 Å². The van der Waals surface area contributed by atoms with Crippen molar-refractivity contribution in [3.8, 4) is 0 Å². The molecule has 0 bridgehead atoms. The van der Waals surface area contributed by atoms with Gasteiger partial charge < -0.3 is 10.0 Å². The van der Waals surface area contributed by atoms with Crippen LogP contribution in [0.3, 0.4) is 0 Å². The molecule has 0 saturated heterocycles. The average molecular weight is 449 g/mol. The highest BCUT2D eigenvalue weighted by atomic mass is 32.2. The fraction of sp³-hybridized carbons (Fsp3) is 0.286. The van der Waals surface area contributed by atoms with Crippen molar-refractivity contribution in [3.63, 3.8) is 0 Å². The van der Waals surface area contributed by atoms with Gasteiger partial charge in [0.25, 0.3) is 0 Å². The number of rotatable bonds is 7. The number of nitrogens with zero attached hydrogens (tertiary/aromatic N) is 4. The normalized spacial score (nSPS) is 13.1. The van der Waals surface area contributed by atoms with E-state index in [1.807, 2.05) is 31.2 Å². The third-order valence-corrected chi connectivity index (χ3v) is 6.42. The summed E-state index contributed by atoms with van der Waals surface area (Å²) in [5.41, 5.74) is 0.609. The highest BCUT2D eigenvalue weighted by molar-refractivity contribution is 8.22. The molecule has 1 heterocycles. The second kappa shape index (κ2) is 9.63. The Morgan fingerprint density at radius 2 is 2.03 bits per heavy atom. The van der Waals surface area contributed by atoms with E-state index in [0.29, 0.717) is 10.1 Å². The number of hydrogen-bond donors (Lipinski definition) is 1. The molecule has 3 aromatic rings. The summed E-state index contributed by atoms with van der Waals surface area (Å²) in [5.74, 6) is -0.857. The summed E-state index contributed by atoms with van der Waals surface area (Å²) in [7, 11) is 1.74. The number of aryl methyl sites for hydroxylation is 1. The van der Waals surface area contributed by atoms with E-state index in [-0.39, 0.29) is 18.7 Å². The number of aromatic nitrogens is 3. The molecule has 0 aliphatic heterocycles. The van der Waals surface area contributed by atoms with Gasteiger partial charge in [0.15, 0.2) is 0 Å². The van der Waals surface area contributed by atoms with Crippen LogP contribution in [-0.2, 0) is 17.9 Å². The van der Waals surface area contributed by atoms with Crippen LogP contribution < -0.4 is 0 Å². The van der Waals surface area contributed by atoms with Crippen molar-refractivity contribution in [2.45, 2.75) is 24.8 Å². The highest BCUT2D eigenvalue weighted by Gasteiger charge is 2.35. The largest absolute Gasteiger partial charge is 0.381 e. The van der Waals surface area contributed by atoms with Crippen LogP contribution in [0.15, 0.2) is 55.1 Å². The molecule has 9 heteroatoms. The maximum atomic E-state index is 14.5. The molecule has 0 radical (unpaired) electrons. The number of halogens is 2. The van der Waals surface area contributed by atoms with E-state index in [2.05, 4.69) is 10.1 Å². The Kier molecular flexibility index (Phi) is 7.17. The Morgan fingerprint density at radius 3 is 2.70 bits per heavy atom. The van der Waals surface area contributed by atoms with Crippen molar-refractivity contribution < 1.29 is 13.9 Å². The molecule has 0 aliphatic rings. The van der Waals surface area contributed by atoms with Crippen LogP contribution in [0.2, 0.25) is 0 Å². The van der Waals surface area contributed by atoms with Crippen LogP contribution in [-0.4, -0.2) is 42.7 Å². The van der Waals surface area contributed by atoms with Gasteiger partial charge in [0.2, 0.25) is 0 Å². The molecule has 1 unspecified atom stereocenters. The molecule has 1 N–H and O–H groups in total. The van der Waals surface area contributed by atoms with Gasteiger partial charge >= 0.3 is 0 Å². The second-order valence-corrected chi connectivity index (χ2v) is 8.70. The van der Waals surface area contributed by atoms with Gasteiger partial charge in [-0.05, 0) is 24.1 Å². The minimum atomic E-state index is -1.70. The van der Waals surface area contributed by atoms with Gasteiger partial charge in [-0.25, -0.2) is 18.4 Å². The number of likely N-dealkylation sites (N-methyl/N-ethyl adjacent to an activating group) is 1. The fourth-order valence-electron chi connectivity index (χ4n) is 3.15. The number of benzene rings is 2. The lowest BCUT2D eigenvalue weighted by Gasteiger charge is -2.34. The molecule has 0 amide bonds. The zero-order valence-corrected chi connectivity index (χ0v) is 18.3. The SMILES string of the molecule is Cc1ccccc1CSC(=S)N(C)CC(O)(Cn1cncn1)c1ccc(F)cc1F. The molecule has 0 spiro atoms. The lowest BCUT2D eigenvalue weighted by molar-refractivity contribution is -0.00240. The summed E-state index contributed by atoms with van der Waals surface area (Å²) < 4.78 is 29.9. The van der Waals surface area contributed by atoms with Crippen molar-refractivity contribution >= 4 is 28.3 Å². The first kappa shape index (κ1) is 22.3. The molecule has 1 atom stereocenters. The van der Waals surface area contributed by atoms with Gasteiger partial charge in [0.05, 0.1) is 13.1 Å². The Labute approximate surface area is 183 Å². The first-order chi connectivity index (χ1) is 14.3. The molecule has 0 saturated carbocycles. The number of thioether (sulfide) groups is 1. The molecule has 5 nitrogen and oxygen atoms in total. The molecule has 3 rings (SSSR count). The van der Waals surface area contributed by atoms with E-state index in [4.69, 9.17) is 12.2 Å². The maximum absolute atomic E-state index is 14.5. The van der Waals surface area contributed by atoms with E-state index >= 15 is 0 Å². The first-order valence-electron chi connectivity index (χ1n) is 9.21. The Morgan fingerprint density at radius 1 is 1.27 bits per heavy atom. The Bertz CT molecular complexity index is 1020. The molecule has 0 aliphatic carbocycles. The van der Waals surface area contributed by atoms with Crippen LogP contribution in [0.25, 0.3) is 0 Å². The molecule has 158 valence electrons. The van der Waals surface area contributed by atoms with Crippen LogP contribution in [0.5, 0.6) is 0 Å². The topological polar surface area (TPSA) is 54.2 Å². The van der Waals surface area contributed by atoms with Crippen molar-refractivity contribution in [3.05, 3.63) is 83.4 Å². The summed E-state index contributed by atoms with van der Waals surface area (Å²) in [4.78, 5) is 5.56. The smallest absolute Gasteiger partial charge is 0.137 e. The molecule has 1 aromatic heterocycles. The van der Waals surface area contributed by atoms with E-state index in [9.17, 15) is 13.9 Å². The minimum Gasteiger partial charge on any atom is -0.381 e. The molecule has 0 fully saturated rings. The summed E-state index contributed by atoms with van der Waals surface area (Å²) in [5, 5.41) is 15.4. The minimum absolute atomic E-state index is 0.00494. The summed E-state index contributed by atoms with van der Waals surface area (Å²) in [6.45, 7) is 1.97. The quantitative estimate of drug-likeness (QED) is 0.554. The van der Waals surface area contributed by atoms with Crippen molar-refractivity contribution in [2.24, 2.45) is 0 Å². The van der Waals surface area contributed by atoms with Gasteiger partial charge in [-0.3, -0.25) is 0 Å². The van der Waals surface area contributed by atoms with Gasteiger partial charge in [0, 0.05) is 24.4 Å². The van der Waals surface area contributed by atoms with Gasteiger partial charge in [-0.15, -0.1) is 0 Å². The third kappa shape index (κ3) is 5.41. The van der Waals surface area contributed by atoms with Crippen LogP contribution >= 0.6 is 24.0 Å². The van der Waals surface area contributed by atoms with Gasteiger partial charge in [0.1, 0.15) is 34.2 Å². The third-order valence-electron chi connectivity index (χ3n) is 4.75. The zero-order chi connectivity index (χ0) is 21.7. The number of thiocarbonyl (C=S) groups is 1. The molecule has 2 aromatic carbocycles. The first-order valence-corrected chi connectivity index (χ1v) is 10.6. The highest BCUT2D eigenvalue weighted by Crippen LogP contribution is 2.29. The lowest BCUT2D eigenvalue weighted by atomic mass is 9.92. The molecular formula is C21H22F2N4OS2. The average Bonchev–Trinajstić information content (AvgIpc) is 3.19. The monoisotopic (exact) mass is 448 g/mol. The Hall–Kier alpha value is -2.36. The van der Waals surface area contributed by atoms with E-state index in [1.165, 1.54) is 46.3 Å². The molecule has 30 heavy (non-hydrogen) atoms. The summed E-state index contributed by atoms with van der Waals surface area (Å²) in [6.07, 6.45) is 2.76. The summed E-state index contributed by atoms with van der Waals surface area (Å²) >= 11 is 6.99. The molecular weight excluding hydrogens is 426 g/mol. The van der Waals surface area contributed by atoms with Crippen molar-refractivity contribution in [2.75, 3.05) is 13.6 Å². The maximum Gasteiger partial charge on any atom is 0.137 e. The van der Waals surface area contributed by atoms with Gasteiger partial charge in [-0.2, -0.15) is 5.10 Å². The fourth-order valence-corrected chi connectivity index (χ4v) is 4.28. The van der Waals surface area contributed by atoms with Crippen molar-refractivity contribution in [1.29, 1.82) is 0 Å². The van der Waals surface area contributed by atoms with E-state index in [0.717, 1.165) is 12.1 Å². The zero-order valence-electron chi connectivity index (χ0n) is 16.6. The summed E-state index contributed by atoms with van der Waals surface area (Å²) in [6, 6.07) is 11.2. The predicted octanol–water partition coefficient (Wildman–Crippen LogP) is 3.90. The van der Waals surface area contributed by atoms with Crippen LogP contribution in [0.1, 0.15) is 16.7 Å². The number of hydrogen-bond acceptors (Lipinski definition) is 5. The van der Waals surface area contributed by atoms with Crippen LogP contribution in [0, 0.1) is 18.6 Å². The number of aliphatic hydroxyl groups is 1. The Balaban J connectivity index is 1.78. The second-order valence-electron chi connectivity index (χ2n) is 7.09. The predicted molar refractivity (Wildman–Crippen MR) is 118 cm³/mol. The lowest BCUT2D eigenvalue weighted by Crippen LogP contribution is -2.44. The van der Waals surface area contributed by atoms with E-state index < -0.39 is 17.2 Å². The van der Waals surface area contributed by atoms with Crippen molar-refractivity contribution in [1.82, 2.24) is 19.7 Å². The standard InChI is InChI=1S/C21H22F2N4OS2/c1-15-5-3-4-6-16(15)10-30-20(29)26(2)11-21(28,12-27-14-24-13-25-27)18-8-7-17(22)9-19(18)23/h3-9,13-14,28H,10-12H2,1-2H3. The van der Waals surface area contributed by atoms with Gasteiger partial charge in [-0.1, -0.05) is 54.3 Å². The van der Waals surface area contributed by atoms with E-state index in [1.54, 1.807) is 11.9 Å².